The summed E-state index contributed by atoms with van der Waals surface area (Å²) in [5.74, 6) is -0.398. The second-order valence-electron chi connectivity index (χ2n) is 3.98. The minimum absolute atomic E-state index is 0.114. The first-order valence-corrected chi connectivity index (χ1v) is 5.56. The zero-order chi connectivity index (χ0) is 13.8. The predicted molar refractivity (Wildman–Crippen MR) is 67.7 cm³/mol. The quantitative estimate of drug-likeness (QED) is 0.770. The van der Waals surface area contributed by atoms with Crippen LogP contribution in [0.5, 0.6) is 0 Å². The van der Waals surface area contributed by atoms with Gasteiger partial charge in [-0.2, -0.15) is 5.10 Å². The summed E-state index contributed by atoms with van der Waals surface area (Å²) in [7, 11) is 1.64. The third kappa shape index (κ3) is 3.15. The lowest BCUT2D eigenvalue weighted by atomic mass is 10.2. The van der Waals surface area contributed by atoms with Crippen LogP contribution in [0.2, 0.25) is 0 Å². The van der Waals surface area contributed by atoms with Crippen molar-refractivity contribution in [2.24, 2.45) is 7.05 Å². The Morgan fingerprint density at radius 1 is 1.32 bits per heavy atom. The van der Waals surface area contributed by atoms with Crippen LogP contribution in [0.25, 0.3) is 0 Å². The summed E-state index contributed by atoms with van der Waals surface area (Å²) in [6, 6.07) is 5.64. The highest BCUT2D eigenvalue weighted by molar-refractivity contribution is 5.91. The topological polar surface area (TPSA) is 96.8 Å². The van der Waals surface area contributed by atoms with Gasteiger partial charge in [0.1, 0.15) is 5.69 Å². The highest BCUT2D eigenvalue weighted by atomic mass is 16.2. The SMILES string of the molecule is Cn1cc(CNC(=O)c2ccc(=O)[nH]n2)ccc1=O. The van der Waals surface area contributed by atoms with Crippen LogP contribution < -0.4 is 16.4 Å². The predicted octanol–water partition coefficient (Wildman–Crippen LogP) is -0.601. The van der Waals surface area contributed by atoms with E-state index in [1.54, 1.807) is 19.3 Å². The number of nitrogens with zero attached hydrogens (tertiary/aromatic N) is 2. The molecule has 2 aromatic heterocycles. The van der Waals surface area contributed by atoms with Gasteiger partial charge in [0.2, 0.25) is 5.56 Å². The molecule has 0 aliphatic carbocycles. The molecule has 2 heterocycles. The number of rotatable bonds is 3. The monoisotopic (exact) mass is 260 g/mol. The van der Waals surface area contributed by atoms with E-state index >= 15 is 0 Å². The van der Waals surface area contributed by atoms with E-state index < -0.39 is 5.91 Å². The van der Waals surface area contributed by atoms with Gasteiger partial charge in [0.15, 0.2) is 0 Å². The maximum absolute atomic E-state index is 11.7. The molecule has 1 amide bonds. The number of carbonyl (C=O) groups is 1. The molecule has 0 unspecified atom stereocenters. The Hall–Kier alpha value is -2.70. The molecule has 0 spiro atoms. The van der Waals surface area contributed by atoms with Gasteiger partial charge in [0.25, 0.3) is 11.5 Å². The van der Waals surface area contributed by atoms with E-state index in [9.17, 15) is 14.4 Å². The Balaban J connectivity index is 2.04. The van der Waals surface area contributed by atoms with Crippen molar-refractivity contribution in [3.05, 3.63) is 62.4 Å². The van der Waals surface area contributed by atoms with Crippen molar-refractivity contribution in [3.8, 4) is 0 Å². The maximum atomic E-state index is 11.7. The Bertz CT molecular complexity index is 697. The number of aromatic amines is 1. The van der Waals surface area contributed by atoms with Gasteiger partial charge in [-0.25, -0.2) is 5.10 Å². The second-order valence-corrected chi connectivity index (χ2v) is 3.98. The molecule has 0 aromatic carbocycles. The first-order chi connectivity index (χ1) is 9.06. The van der Waals surface area contributed by atoms with Crippen LogP contribution in [-0.2, 0) is 13.6 Å². The minimum atomic E-state index is -0.398. The number of amides is 1. The van der Waals surface area contributed by atoms with Gasteiger partial charge in [0, 0.05) is 31.9 Å². The van der Waals surface area contributed by atoms with Crippen LogP contribution in [0.3, 0.4) is 0 Å². The molecule has 7 heteroatoms. The van der Waals surface area contributed by atoms with E-state index in [1.807, 2.05) is 0 Å². The van der Waals surface area contributed by atoms with Crippen molar-refractivity contribution in [2.75, 3.05) is 0 Å². The fourth-order valence-electron chi connectivity index (χ4n) is 1.50. The van der Waals surface area contributed by atoms with Gasteiger partial charge in [-0.1, -0.05) is 6.07 Å². The summed E-state index contributed by atoms with van der Waals surface area (Å²) >= 11 is 0. The lowest BCUT2D eigenvalue weighted by molar-refractivity contribution is 0.0944. The van der Waals surface area contributed by atoms with E-state index in [0.717, 1.165) is 5.56 Å². The fourth-order valence-corrected chi connectivity index (χ4v) is 1.50. The molecule has 0 radical (unpaired) electrons. The number of carbonyl (C=O) groups excluding carboxylic acids is 1. The Morgan fingerprint density at radius 2 is 2.11 bits per heavy atom. The third-order valence-corrected chi connectivity index (χ3v) is 2.51. The molecule has 0 aliphatic heterocycles. The average Bonchev–Trinajstić information content (AvgIpc) is 2.40. The molecule has 0 atom stereocenters. The van der Waals surface area contributed by atoms with Crippen LogP contribution in [-0.4, -0.2) is 20.7 Å². The van der Waals surface area contributed by atoms with Crippen molar-refractivity contribution >= 4 is 5.91 Å². The van der Waals surface area contributed by atoms with Crippen LogP contribution in [0, 0.1) is 0 Å². The Morgan fingerprint density at radius 3 is 2.74 bits per heavy atom. The van der Waals surface area contributed by atoms with Gasteiger partial charge in [-0.3, -0.25) is 14.4 Å². The van der Waals surface area contributed by atoms with Gasteiger partial charge in [0.05, 0.1) is 0 Å². The molecule has 0 fully saturated rings. The van der Waals surface area contributed by atoms with Crippen molar-refractivity contribution < 1.29 is 4.79 Å². The molecule has 19 heavy (non-hydrogen) atoms. The zero-order valence-corrected chi connectivity index (χ0v) is 10.2. The smallest absolute Gasteiger partial charge is 0.271 e. The number of H-pyrrole nitrogens is 1. The van der Waals surface area contributed by atoms with Crippen LogP contribution in [0.15, 0.2) is 40.1 Å². The third-order valence-electron chi connectivity index (χ3n) is 2.51. The number of aryl methyl sites for hydroxylation is 1. The summed E-state index contributed by atoms with van der Waals surface area (Å²) in [5.41, 5.74) is 0.441. The summed E-state index contributed by atoms with van der Waals surface area (Å²) in [6.07, 6.45) is 1.64. The summed E-state index contributed by atoms with van der Waals surface area (Å²) in [4.78, 5) is 33.7. The molecule has 0 aliphatic rings. The van der Waals surface area contributed by atoms with E-state index in [2.05, 4.69) is 15.5 Å². The van der Waals surface area contributed by atoms with Crippen LogP contribution in [0.4, 0.5) is 0 Å². The molecule has 2 N–H and O–H groups in total. The highest BCUT2D eigenvalue weighted by Gasteiger charge is 2.06. The van der Waals surface area contributed by atoms with E-state index in [-0.39, 0.29) is 23.4 Å². The maximum Gasteiger partial charge on any atom is 0.271 e. The lowest BCUT2D eigenvalue weighted by Crippen LogP contribution is -2.26. The first-order valence-electron chi connectivity index (χ1n) is 5.56. The van der Waals surface area contributed by atoms with Crippen molar-refractivity contribution in [1.29, 1.82) is 0 Å². The number of hydrogen-bond donors (Lipinski definition) is 2. The minimum Gasteiger partial charge on any atom is -0.347 e. The summed E-state index contributed by atoms with van der Waals surface area (Å²) in [6.45, 7) is 0.272. The van der Waals surface area contributed by atoms with Gasteiger partial charge in [-0.05, 0) is 11.6 Å². The fraction of sp³-hybridized carbons (Fsp3) is 0.167. The molecule has 2 rings (SSSR count). The highest BCUT2D eigenvalue weighted by Crippen LogP contribution is 1.96. The molecule has 0 saturated heterocycles. The number of nitrogens with one attached hydrogen (secondary N) is 2. The molecule has 2 aromatic rings. The van der Waals surface area contributed by atoms with Crippen LogP contribution >= 0.6 is 0 Å². The summed E-state index contributed by atoms with van der Waals surface area (Å²) in [5, 5.41) is 8.44. The first kappa shape index (κ1) is 12.7. The van der Waals surface area contributed by atoms with Gasteiger partial charge in [-0.15, -0.1) is 0 Å². The molecule has 98 valence electrons. The number of aromatic nitrogens is 3. The summed E-state index contributed by atoms with van der Waals surface area (Å²) < 4.78 is 1.43. The van der Waals surface area contributed by atoms with Crippen molar-refractivity contribution in [3.63, 3.8) is 0 Å². The van der Waals surface area contributed by atoms with Gasteiger partial charge < -0.3 is 9.88 Å². The van der Waals surface area contributed by atoms with Crippen molar-refractivity contribution in [1.82, 2.24) is 20.1 Å². The zero-order valence-electron chi connectivity index (χ0n) is 10.2. The lowest BCUT2D eigenvalue weighted by Gasteiger charge is -2.05. The molecule has 0 saturated carbocycles. The second kappa shape index (κ2) is 5.30. The number of pyridine rings is 1. The Kier molecular flexibility index (Phi) is 3.56. The largest absolute Gasteiger partial charge is 0.347 e. The van der Waals surface area contributed by atoms with Crippen LogP contribution in [0.1, 0.15) is 16.1 Å². The normalized spacial score (nSPS) is 10.2. The van der Waals surface area contributed by atoms with Crippen molar-refractivity contribution in [2.45, 2.75) is 6.54 Å². The molecule has 7 nitrogen and oxygen atoms in total. The standard InChI is InChI=1S/C12H12N4O3/c1-16-7-8(2-5-11(16)18)6-13-12(19)9-3-4-10(17)15-14-9/h2-5,7H,6H2,1H3,(H,13,19)(H,15,17). The molecule has 0 bridgehead atoms. The number of hydrogen-bond acceptors (Lipinski definition) is 4. The average molecular weight is 260 g/mol. The Labute approximate surface area is 107 Å². The van der Waals surface area contributed by atoms with E-state index in [1.165, 1.54) is 22.8 Å². The van der Waals surface area contributed by atoms with Gasteiger partial charge >= 0.3 is 0 Å². The molecular formula is C12H12N4O3. The van der Waals surface area contributed by atoms with E-state index in [0.29, 0.717) is 0 Å². The molecular weight excluding hydrogens is 248 g/mol. The van der Waals surface area contributed by atoms with E-state index in [4.69, 9.17) is 0 Å².